The lowest BCUT2D eigenvalue weighted by atomic mass is 10.3. The molecule has 3 N–H and O–H groups in total. The molecule has 0 aliphatic carbocycles. The Morgan fingerprint density at radius 1 is 1.00 bits per heavy atom. The van der Waals surface area contributed by atoms with Crippen LogP contribution in [0.2, 0.25) is 0 Å². The highest BCUT2D eigenvalue weighted by Crippen LogP contribution is 2.23. The molecule has 0 radical (unpaired) electrons. The number of fused-ring (bicyclic) bond motifs is 3. The monoisotopic (exact) mass is 186 g/mol. The molecule has 6 nitrogen and oxygen atoms in total. The summed E-state index contributed by atoms with van der Waals surface area (Å²) in [5.74, 6) is 0.418. The zero-order valence-corrected chi connectivity index (χ0v) is 7.10. The second-order valence-electron chi connectivity index (χ2n) is 2.86. The first-order chi connectivity index (χ1) is 6.86. The molecule has 0 aliphatic heterocycles. The van der Waals surface area contributed by atoms with Gasteiger partial charge in [0.05, 0.1) is 5.39 Å². The van der Waals surface area contributed by atoms with Crippen LogP contribution in [0.25, 0.3) is 22.2 Å². The van der Waals surface area contributed by atoms with E-state index in [1.165, 1.54) is 6.33 Å². The van der Waals surface area contributed by atoms with E-state index in [9.17, 15) is 0 Å². The summed E-state index contributed by atoms with van der Waals surface area (Å²) in [5, 5.41) is 0.732. The van der Waals surface area contributed by atoms with E-state index in [-0.39, 0.29) is 0 Å². The number of hydrogen-bond acceptors (Lipinski definition) is 5. The maximum absolute atomic E-state index is 5.73. The Morgan fingerprint density at radius 3 is 2.79 bits per heavy atom. The number of aromatic amines is 1. The highest BCUT2D eigenvalue weighted by Gasteiger charge is 2.09. The van der Waals surface area contributed by atoms with Crippen molar-refractivity contribution in [3.63, 3.8) is 0 Å². The average molecular weight is 186 g/mol. The highest BCUT2D eigenvalue weighted by atomic mass is 15.0. The second kappa shape index (κ2) is 2.38. The van der Waals surface area contributed by atoms with Crippen molar-refractivity contribution < 1.29 is 0 Å². The number of nitrogen functional groups attached to an aromatic ring is 1. The predicted molar refractivity (Wildman–Crippen MR) is 51.4 cm³/mol. The largest absolute Gasteiger partial charge is 0.383 e. The Hall–Kier alpha value is -2.24. The molecule has 0 saturated heterocycles. The number of nitrogens with zero attached hydrogens (tertiary/aromatic N) is 4. The number of nitrogens with two attached hydrogens (primary N) is 1. The molecule has 0 bridgehead atoms. The lowest BCUT2D eigenvalue weighted by molar-refractivity contribution is 1.20. The molecular weight excluding hydrogens is 180 g/mol. The Bertz CT molecular complexity index is 613. The van der Waals surface area contributed by atoms with Crippen LogP contribution in [0.5, 0.6) is 0 Å². The summed E-state index contributed by atoms with van der Waals surface area (Å²) in [4.78, 5) is 19.3. The first-order valence-corrected chi connectivity index (χ1v) is 4.05. The Labute approximate surface area is 78.2 Å². The fourth-order valence-corrected chi connectivity index (χ4v) is 1.45. The van der Waals surface area contributed by atoms with Crippen LogP contribution >= 0.6 is 0 Å². The quantitative estimate of drug-likeness (QED) is 0.532. The van der Waals surface area contributed by atoms with Crippen molar-refractivity contribution >= 4 is 28.0 Å². The van der Waals surface area contributed by atoms with Crippen LogP contribution in [0.3, 0.4) is 0 Å². The molecule has 68 valence electrons. The lowest BCUT2D eigenvalue weighted by Crippen LogP contribution is -1.91. The first-order valence-electron chi connectivity index (χ1n) is 4.05. The summed E-state index contributed by atoms with van der Waals surface area (Å²) in [7, 11) is 0. The van der Waals surface area contributed by atoms with Crippen molar-refractivity contribution in [3.05, 3.63) is 18.7 Å². The van der Waals surface area contributed by atoms with Crippen molar-refractivity contribution in [2.24, 2.45) is 0 Å². The number of H-pyrrole nitrogens is 1. The van der Waals surface area contributed by atoms with E-state index in [2.05, 4.69) is 24.9 Å². The predicted octanol–water partition coefficient (Wildman–Crippen LogP) is 0.483. The fourth-order valence-electron chi connectivity index (χ4n) is 1.45. The standard InChI is InChI=1S/C8H6N6/c9-6-4-5-8(11-2-1-10-5)14-7(4)13-3-12-6/h1-3H,(H3,9,11,12,13,14). The van der Waals surface area contributed by atoms with Crippen molar-refractivity contribution in [3.8, 4) is 0 Å². The molecule has 0 fully saturated rings. The van der Waals surface area contributed by atoms with E-state index in [4.69, 9.17) is 5.73 Å². The summed E-state index contributed by atoms with van der Waals surface area (Å²) in [6.45, 7) is 0. The Kier molecular flexibility index (Phi) is 1.22. The average Bonchev–Trinajstić information content (AvgIpc) is 2.57. The minimum atomic E-state index is 0.418. The van der Waals surface area contributed by atoms with Gasteiger partial charge in [-0.1, -0.05) is 0 Å². The molecule has 3 aromatic rings. The highest BCUT2D eigenvalue weighted by molar-refractivity contribution is 6.06. The number of nitrogens with one attached hydrogen (secondary N) is 1. The topological polar surface area (TPSA) is 93.4 Å². The van der Waals surface area contributed by atoms with Crippen LogP contribution in [0.15, 0.2) is 18.7 Å². The minimum Gasteiger partial charge on any atom is -0.383 e. The van der Waals surface area contributed by atoms with E-state index < -0.39 is 0 Å². The first kappa shape index (κ1) is 7.19. The zero-order valence-electron chi connectivity index (χ0n) is 7.10. The summed E-state index contributed by atoms with van der Waals surface area (Å²) in [5.41, 5.74) is 7.78. The number of anilines is 1. The van der Waals surface area contributed by atoms with Gasteiger partial charge in [0.15, 0.2) is 5.65 Å². The van der Waals surface area contributed by atoms with E-state index in [0.717, 1.165) is 5.39 Å². The molecule has 14 heavy (non-hydrogen) atoms. The summed E-state index contributed by atoms with van der Waals surface area (Å²) < 4.78 is 0. The number of aromatic nitrogens is 5. The van der Waals surface area contributed by atoms with Crippen molar-refractivity contribution in [1.29, 1.82) is 0 Å². The third-order valence-electron chi connectivity index (χ3n) is 2.05. The van der Waals surface area contributed by atoms with Gasteiger partial charge in [-0.25, -0.2) is 15.0 Å². The lowest BCUT2D eigenvalue weighted by Gasteiger charge is -1.92. The summed E-state index contributed by atoms with van der Waals surface area (Å²) >= 11 is 0. The Balaban J connectivity index is 2.65. The van der Waals surface area contributed by atoms with Crippen LogP contribution in [0, 0.1) is 0 Å². The maximum Gasteiger partial charge on any atom is 0.158 e. The summed E-state index contributed by atoms with van der Waals surface area (Å²) in [6, 6.07) is 0. The van der Waals surface area contributed by atoms with Crippen molar-refractivity contribution in [2.45, 2.75) is 0 Å². The minimum absolute atomic E-state index is 0.418. The fraction of sp³-hybridized carbons (Fsp3) is 0. The van der Waals surface area contributed by atoms with Gasteiger partial charge in [-0.15, -0.1) is 0 Å². The van der Waals surface area contributed by atoms with E-state index in [0.29, 0.717) is 22.6 Å². The molecule has 3 aromatic heterocycles. The molecule has 0 aliphatic rings. The third kappa shape index (κ3) is 0.792. The van der Waals surface area contributed by atoms with Gasteiger partial charge in [0.25, 0.3) is 0 Å². The van der Waals surface area contributed by atoms with Crippen molar-refractivity contribution in [1.82, 2.24) is 24.9 Å². The molecule has 0 aromatic carbocycles. The van der Waals surface area contributed by atoms with E-state index >= 15 is 0 Å². The van der Waals surface area contributed by atoms with Gasteiger partial charge in [0.1, 0.15) is 23.3 Å². The molecule has 0 spiro atoms. The molecule has 6 heteroatoms. The second-order valence-corrected chi connectivity index (χ2v) is 2.86. The third-order valence-corrected chi connectivity index (χ3v) is 2.05. The van der Waals surface area contributed by atoms with Gasteiger partial charge >= 0.3 is 0 Å². The SMILES string of the molecule is Nc1ncnc2[nH]c3nccnc3c12. The van der Waals surface area contributed by atoms with Gasteiger partial charge in [-0.2, -0.15) is 0 Å². The molecular formula is C8H6N6. The van der Waals surface area contributed by atoms with Crippen LogP contribution in [-0.4, -0.2) is 24.9 Å². The van der Waals surface area contributed by atoms with Crippen LogP contribution < -0.4 is 5.73 Å². The number of hydrogen-bond donors (Lipinski definition) is 2. The van der Waals surface area contributed by atoms with Gasteiger partial charge in [-0.05, 0) is 0 Å². The normalized spacial score (nSPS) is 11.1. The van der Waals surface area contributed by atoms with Crippen LogP contribution in [0.4, 0.5) is 5.82 Å². The molecule has 0 amide bonds. The molecule has 0 atom stereocenters. The number of rotatable bonds is 0. The van der Waals surface area contributed by atoms with Crippen LogP contribution in [0.1, 0.15) is 0 Å². The molecule has 3 heterocycles. The van der Waals surface area contributed by atoms with E-state index in [1.807, 2.05) is 0 Å². The zero-order chi connectivity index (χ0) is 9.54. The molecule has 0 unspecified atom stereocenters. The van der Waals surface area contributed by atoms with E-state index in [1.54, 1.807) is 12.4 Å². The van der Waals surface area contributed by atoms with Gasteiger partial charge in [0, 0.05) is 12.4 Å². The molecule has 3 rings (SSSR count). The van der Waals surface area contributed by atoms with Gasteiger partial charge < -0.3 is 10.7 Å². The summed E-state index contributed by atoms with van der Waals surface area (Å²) in [6.07, 6.45) is 4.64. The maximum atomic E-state index is 5.73. The molecule has 0 saturated carbocycles. The van der Waals surface area contributed by atoms with Crippen molar-refractivity contribution in [2.75, 3.05) is 5.73 Å². The van der Waals surface area contributed by atoms with Gasteiger partial charge in [0.2, 0.25) is 0 Å². The van der Waals surface area contributed by atoms with Gasteiger partial charge in [-0.3, -0.25) is 4.98 Å². The smallest absolute Gasteiger partial charge is 0.158 e. The van der Waals surface area contributed by atoms with Crippen LogP contribution in [-0.2, 0) is 0 Å². The Morgan fingerprint density at radius 2 is 1.86 bits per heavy atom.